The summed E-state index contributed by atoms with van der Waals surface area (Å²) in [6.07, 6.45) is 2.34. The third-order valence-corrected chi connectivity index (χ3v) is 4.49. The zero-order valence-corrected chi connectivity index (χ0v) is 11.8. The minimum atomic E-state index is 0.467. The van der Waals surface area contributed by atoms with Crippen LogP contribution in [0.5, 0.6) is 0 Å². The molecule has 0 bridgehead atoms. The molecule has 0 saturated heterocycles. The SMILES string of the molecule is Cc1cccc(N)c1[C@H]1CCc2cccc(P)c21. The van der Waals surface area contributed by atoms with Crippen molar-refractivity contribution >= 4 is 20.2 Å². The van der Waals surface area contributed by atoms with E-state index in [0.29, 0.717) is 5.92 Å². The van der Waals surface area contributed by atoms with Crippen molar-refractivity contribution in [1.82, 2.24) is 0 Å². The fraction of sp³-hybridized carbons (Fsp3) is 0.250. The Balaban J connectivity index is 2.18. The lowest BCUT2D eigenvalue weighted by atomic mass is 9.88. The molecule has 2 aromatic rings. The summed E-state index contributed by atoms with van der Waals surface area (Å²) in [4.78, 5) is 0. The average molecular weight is 255 g/mol. The number of anilines is 1. The summed E-state index contributed by atoms with van der Waals surface area (Å²) in [5.41, 5.74) is 12.7. The van der Waals surface area contributed by atoms with Crippen molar-refractivity contribution in [2.45, 2.75) is 25.7 Å². The highest BCUT2D eigenvalue weighted by atomic mass is 31.0. The molecule has 0 spiro atoms. The molecule has 0 aliphatic heterocycles. The van der Waals surface area contributed by atoms with E-state index in [1.54, 1.807) is 0 Å². The molecular formula is C16H18NP. The second kappa shape index (κ2) is 4.40. The van der Waals surface area contributed by atoms with Crippen LogP contribution in [0.4, 0.5) is 5.69 Å². The number of nitrogens with two attached hydrogens (primary N) is 1. The van der Waals surface area contributed by atoms with E-state index in [4.69, 9.17) is 5.73 Å². The summed E-state index contributed by atoms with van der Waals surface area (Å²) in [6, 6.07) is 12.8. The van der Waals surface area contributed by atoms with E-state index < -0.39 is 0 Å². The number of rotatable bonds is 1. The van der Waals surface area contributed by atoms with E-state index in [0.717, 1.165) is 12.1 Å². The van der Waals surface area contributed by atoms with Crippen LogP contribution in [0.15, 0.2) is 36.4 Å². The van der Waals surface area contributed by atoms with Crippen molar-refractivity contribution in [3.05, 3.63) is 58.7 Å². The summed E-state index contributed by atoms with van der Waals surface area (Å²) in [5, 5.41) is 1.32. The van der Waals surface area contributed by atoms with Gasteiger partial charge < -0.3 is 5.73 Å². The number of hydrogen-bond donors (Lipinski definition) is 1. The van der Waals surface area contributed by atoms with Crippen molar-refractivity contribution in [1.29, 1.82) is 0 Å². The van der Waals surface area contributed by atoms with Crippen LogP contribution in [-0.4, -0.2) is 0 Å². The Morgan fingerprint density at radius 3 is 2.67 bits per heavy atom. The summed E-state index contributed by atoms with van der Waals surface area (Å²) in [6.45, 7) is 2.16. The summed E-state index contributed by atoms with van der Waals surface area (Å²) in [7, 11) is 2.87. The molecule has 2 atom stereocenters. The van der Waals surface area contributed by atoms with Crippen LogP contribution in [0.1, 0.15) is 34.6 Å². The fourth-order valence-electron chi connectivity index (χ4n) is 3.19. The fourth-order valence-corrected chi connectivity index (χ4v) is 3.69. The monoisotopic (exact) mass is 255 g/mol. The average Bonchev–Trinajstić information content (AvgIpc) is 2.74. The molecule has 0 heterocycles. The number of fused-ring (bicyclic) bond motifs is 1. The van der Waals surface area contributed by atoms with Crippen molar-refractivity contribution < 1.29 is 0 Å². The molecule has 1 aliphatic carbocycles. The van der Waals surface area contributed by atoms with Gasteiger partial charge in [-0.3, -0.25) is 0 Å². The molecule has 0 amide bonds. The van der Waals surface area contributed by atoms with Gasteiger partial charge in [-0.05, 0) is 53.4 Å². The molecule has 92 valence electrons. The second-order valence-corrected chi connectivity index (χ2v) is 5.71. The first-order valence-corrected chi connectivity index (χ1v) is 6.98. The summed E-state index contributed by atoms with van der Waals surface area (Å²) >= 11 is 0. The van der Waals surface area contributed by atoms with Crippen LogP contribution in [0.2, 0.25) is 0 Å². The highest BCUT2D eigenvalue weighted by Crippen LogP contribution is 2.41. The van der Waals surface area contributed by atoms with Gasteiger partial charge in [0, 0.05) is 11.6 Å². The quantitative estimate of drug-likeness (QED) is 0.615. The van der Waals surface area contributed by atoms with E-state index in [9.17, 15) is 0 Å². The lowest BCUT2D eigenvalue weighted by Gasteiger charge is -2.19. The van der Waals surface area contributed by atoms with Crippen LogP contribution in [0.25, 0.3) is 0 Å². The minimum absolute atomic E-state index is 0.467. The number of benzene rings is 2. The predicted molar refractivity (Wildman–Crippen MR) is 81.5 cm³/mol. The summed E-state index contributed by atoms with van der Waals surface area (Å²) < 4.78 is 0. The van der Waals surface area contributed by atoms with Gasteiger partial charge in [0.05, 0.1) is 0 Å². The van der Waals surface area contributed by atoms with Gasteiger partial charge in [-0.2, -0.15) is 0 Å². The lowest BCUT2D eigenvalue weighted by molar-refractivity contribution is 0.787. The standard InChI is InChI=1S/C16H18NP/c1-10-4-2-6-13(17)15(10)12-9-8-11-5-3-7-14(18)16(11)12/h2-7,12H,8-9,17-18H2,1H3/t12-/m1/s1. The molecule has 3 rings (SSSR count). The van der Waals surface area contributed by atoms with Gasteiger partial charge in [0.25, 0.3) is 0 Å². The van der Waals surface area contributed by atoms with Gasteiger partial charge in [-0.25, -0.2) is 0 Å². The maximum absolute atomic E-state index is 6.20. The highest BCUT2D eigenvalue weighted by molar-refractivity contribution is 7.27. The maximum Gasteiger partial charge on any atom is 0.0355 e. The van der Waals surface area contributed by atoms with Crippen LogP contribution in [-0.2, 0) is 6.42 Å². The third-order valence-electron chi connectivity index (χ3n) is 3.99. The van der Waals surface area contributed by atoms with Crippen molar-refractivity contribution in [2.24, 2.45) is 0 Å². The number of nitrogen functional groups attached to an aromatic ring is 1. The Bertz CT molecular complexity index is 584. The van der Waals surface area contributed by atoms with E-state index in [1.807, 2.05) is 12.1 Å². The minimum Gasteiger partial charge on any atom is -0.398 e. The first-order chi connectivity index (χ1) is 8.68. The van der Waals surface area contributed by atoms with Gasteiger partial charge in [0.1, 0.15) is 0 Å². The first kappa shape index (κ1) is 11.7. The molecule has 18 heavy (non-hydrogen) atoms. The molecule has 0 saturated carbocycles. The smallest absolute Gasteiger partial charge is 0.0355 e. The number of hydrogen-bond acceptors (Lipinski definition) is 1. The number of aryl methyl sites for hydroxylation is 2. The molecular weight excluding hydrogens is 237 g/mol. The third kappa shape index (κ3) is 1.74. The van der Waals surface area contributed by atoms with E-state index >= 15 is 0 Å². The molecule has 1 nitrogen and oxygen atoms in total. The van der Waals surface area contributed by atoms with Crippen molar-refractivity contribution in [3.63, 3.8) is 0 Å². The van der Waals surface area contributed by atoms with Crippen LogP contribution < -0.4 is 11.0 Å². The molecule has 0 radical (unpaired) electrons. The van der Waals surface area contributed by atoms with Gasteiger partial charge in [-0.1, -0.05) is 30.3 Å². The van der Waals surface area contributed by atoms with E-state index in [-0.39, 0.29) is 0 Å². The van der Waals surface area contributed by atoms with Gasteiger partial charge in [0.2, 0.25) is 0 Å². The molecule has 2 N–H and O–H groups in total. The molecule has 1 aliphatic rings. The molecule has 2 aromatic carbocycles. The van der Waals surface area contributed by atoms with Gasteiger partial charge >= 0.3 is 0 Å². The molecule has 2 heteroatoms. The first-order valence-electron chi connectivity index (χ1n) is 6.40. The van der Waals surface area contributed by atoms with Crippen LogP contribution in [0, 0.1) is 6.92 Å². The van der Waals surface area contributed by atoms with Gasteiger partial charge in [0.15, 0.2) is 0 Å². The lowest BCUT2D eigenvalue weighted by Crippen LogP contribution is -2.10. The zero-order valence-electron chi connectivity index (χ0n) is 10.6. The largest absolute Gasteiger partial charge is 0.398 e. The Hall–Kier alpha value is -1.33. The predicted octanol–water partition coefficient (Wildman–Crippen LogP) is 3.16. The maximum atomic E-state index is 6.20. The zero-order chi connectivity index (χ0) is 12.7. The van der Waals surface area contributed by atoms with Crippen LogP contribution >= 0.6 is 9.24 Å². The second-order valence-electron chi connectivity index (χ2n) is 5.09. The Morgan fingerprint density at radius 1 is 1.11 bits per heavy atom. The highest BCUT2D eigenvalue weighted by Gasteiger charge is 2.27. The Morgan fingerprint density at radius 2 is 1.89 bits per heavy atom. The Kier molecular flexibility index (Phi) is 2.87. The van der Waals surface area contributed by atoms with Gasteiger partial charge in [-0.15, -0.1) is 9.24 Å². The Labute approximate surface area is 111 Å². The normalized spacial score (nSPS) is 17.8. The van der Waals surface area contributed by atoms with Crippen molar-refractivity contribution in [3.8, 4) is 0 Å². The van der Waals surface area contributed by atoms with E-state index in [1.165, 1.54) is 34.0 Å². The van der Waals surface area contributed by atoms with E-state index in [2.05, 4.69) is 40.4 Å². The summed E-state index contributed by atoms with van der Waals surface area (Å²) in [5.74, 6) is 0.467. The van der Waals surface area contributed by atoms with Crippen LogP contribution in [0.3, 0.4) is 0 Å². The topological polar surface area (TPSA) is 26.0 Å². The molecule has 0 aromatic heterocycles. The molecule has 1 unspecified atom stereocenters. The molecule has 0 fully saturated rings. The van der Waals surface area contributed by atoms with Crippen molar-refractivity contribution in [2.75, 3.05) is 5.73 Å².